The molecule has 2 fully saturated rings. The normalized spacial score (nSPS) is 23.2. The highest BCUT2D eigenvalue weighted by atomic mass is 19.3. The van der Waals surface area contributed by atoms with Crippen LogP contribution in [0.2, 0.25) is 0 Å². The maximum Gasteiger partial charge on any atom is 0.270 e. The van der Waals surface area contributed by atoms with E-state index in [4.69, 9.17) is 4.74 Å². The largest absolute Gasteiger partial charge is 0.378 e. The van der Waals surface area contributed by atoms with E-state index in [1.54, 1.807) is 6.07 Å². The number of rotatable bonds is 5. The van der Waals surface area contributed by atoms with Crippen molar-refractivity contribution in [2.24, 2.45) is 5.92 Å². The summed E-state index contributed by atoms with van der Waals surface area (Å²) in [6.45, 7) is 3.12. The third kappa shape index (κ3) is 4.37. The van der Waals surface area contributed by atoms with Crippen LogP contribution in [0.3, 0.4) is 0 Å². The second kappa shape index (κ2) is 7.38. The summed E-state index contributed by atoms with van der Waals surface area (Å²) in [6.07, 6.45) is 2.36. The van der Waals surface area contributed by atoms with Crippen LogP contribution in [0.25, 0.3) is 0 Å². The zero-order valence-corrected chi connectivity index (χ0v) is 13.5. The minimum absolute atomic E-state index is 0.0189. The lowest BCUT2D eigenvalue weighted by molar-refractivity contribution is 0.00477. The van der Waals surface area contributed by atoms with Gasteiger partial charge in [-0.3, -0.25) is 4.79 Å². The Morgan fingerprint density at radius 1 is 1.38 bits per heavy atom. The van der Waals surface area contributed by atoms with Gasteiger partial charge < -0.3 is 15.0 Å². The first-order valence-electron chi connectivity index (χ1n) is 8.34. The van der Waals surface area contributed by atoms with Crippen molar-refractivity contribution in [3.63, 3.8) is 0 Å². The number of hydrogen-bond acceptors (Lipinski definition) is 5. The van der Waals surface area contributed by atoms with E-state index >= 15 is 0 Å². The second-order valence-electron chi connectivity index (χ2n) is 6.37. The number of hydrogen-bond donors (Lipinski definition) is 1. The Morgan fingerprint density at radius 2 is 2.17 bits per heavy atom. The monoisotopic (exact) mass is 340 g/mol. The zero-order chi connectivity index (χ0) is 17.0. The molecule has 1 aliphatic carbocycles. The molecule has 1 atom stereocenters. The fourth-order valence-corrected chi connectivity index (χ4v) is 3.21. The third-order valence-electron chi connectivity index (χ3n) is 4.56. The number of alkyl halides is 2. The molecule has 1 amide bonds. The van der Waals surface area contributed by atoms with Crippen LogP contribution < -0.4 is 10.2 Å². The van der Waals surface area contributed by atoms with Gasteiger partial charge in [-0.05, 0) is 18.8 Å². The summed E-state index contributed by atoms with van der Waals surface area (Å²) in [6, 6.07) is 1.66. The highest BCUT2D eigenvalue weighted by Gasteiger charge is 2.38. The summed E-state index contributed by atoms with van der Waals surface area (Å²) in [4.78, 5) is 22.4. The topological polar surface area (TPSA) is 67.4 Å². The van der Waals surface area contributed by atoms with Crippen LogP contribution in [0.5, 0.6) is 0 Å². The maximum atomic E-state index is 13.1. The van der Waals surface area contributed by atoms with Gasteiger partial charge in [-0.1, -0.05) is 0 Å². The molecule has 2 heterocycles. The van der Waals surface area contributed by atoms with Gasteiger partial charge in [0.1, 0.15) is 17.8 Å². The quantitative estimate of drug-likeness (QED) is 0.886. The first kappa shape index (κ1) is 17.0. The Hall–Kier alpha value is -1.83. The van der Waals surface area contributed by atoms with Gasteiger partial charge in [0.15, 0.2) is 0 Å². The van der Waals surface area contributed by atoms with Crippen molar-refractivity contribution in [3.05, 3.63) is 18.1 Å². The Bertz CT molecular complexity index is 579. The molecule has 3 rings (SSSR count). The number of nitrogens with one attached hydrogen (secondary N) is 1. The van der Waals surface area contributed by atoms with E-state index < -0.39 is 5.92 Å². The number of morpholine rings is 1. The van der Waals surface area contributed by atoms with E-state index in [-0.39, 0.29) is 24.7 Å². The predicted molar refractivity (Wildman–Crippen MR) is 84.3 cm³/mol. The summed E-state index contributed by atoms with van der Waals surface area (Å²) >= 11 is 0. The summed E-state index contributed by atoms with van der Waals surface area (Å²) in [7, 11) is 0. The van der Waals surface area contributed by atoms with E-state index in [0.717, 1.165) is 13.1 Å². The maximum absolute atomic E-state index is 13.1. The molecule has 6 nitrogen and oxygen atoms in total. The van der Waals surface area contributed by atoms with Crippen LogP contribution in [0.4, 0.5) is 14.6 Å². The average Bonchev–Trinajstić information content (AvgIpc) is 2.94. The molecular weight excluding hydrogens is 318 g/mol. The molecule has 1 saturated carbocycles. The molecule has 24 heavy (non-hydrogen) atoms. The molecule has 0 spiro atoms. The fourth-order valence-electron chi connectivity index (χ4n) is 3.21. The molecule has 1 aromatic rings. The molecule has 1 saturated heterocycles. The van der Waals surface area contributed by atoms with Gasteiger partial charge >= 0.3 is 0 Å². The highest BCUT2D eigenvalue weighted by Crippen LogP contribution is 2.40. The van der Waals surface area contributed by atoms with Gasteiger partial charge in [0.05, 0.1) is 13.2 Å². The SMILES string of the molecule is O=C(NCCC1CCC(F)(F)C1)c1cc(N2CCOCC2)ncn1. The fraction of sp³-hybridized carbons (Fsp3) is 0.688. The van der Waals surface area contributed by atoms with E-state index in [9.17, 15) is 13.6 Å². The van der Waals surface area contributed by atoms with Gasteiger partial charge in [0.2, 0.25) is 5.92 Å². The number of nitrogens with zero attached hydrogens (tertiary/aromatic N) is 3. The minimum Gasteiger partial charge on any atom is -0.378 e. The first-order valence-corrected chi connectivity index (χ1v) is 8.34. The molecule has 1 unspecified atom stereocenters. The predicted octanol–water partition coefficient (Wildman–Crippen LogP) is 1.87. The molecule has 132 valence electrons. The molecule has 1 aliphatic heterocycles. The number of anilines is 1. The Kier molecular flexibility index (Phi) is 5.23. The molecule has 1 N–H and O–H groups in total. The van der Waals surface area contributed by atoms with Crippen LogP contribution in [-0.4, -0.2) is 54.6 Å². The van der Waals surface area contributed by atoms with Crippen molar-refractivity contribution in [2.45, 2.75) is 31.6 Å². The summed E-state index contributed by atoms with van der Waals surface area (Å²) < 4.78 is 31.6. The number of carbonyl (C=O) groups excluding carboxylic acids is 1. The van der Waals surface area contributed by atoms with Crippen molar-refractivity contribution >= 4 is 11.7 Å². The molecular formula is C16H22F2N4O2. The van der Waals surface area contributed by atoms with Gasteiger partial charge in [-0.15, -0.1) is 0 Å². The highest BCUT2D eigenvalue weighted by molar-refractivity contribution is 5.92. The van der Waals surface area contributed by atoms with Gasteiger partial charge in [0, 0.05) is 38.5 Å². The molecule has 8 heteroatoms. The second-order valence-corrected chi connectivity index (χ2v) is 6.37. The van der Waals surface area contributed by atoms with Crippen molar-refractivity contribution in [1.29, 1.82) is 0 Å². The summed E-state index contributed by atoms with van der Waals surface area (Å²) in [5.74, 6) is -2.14. The van der Waals surface area contributed by atoms with Gasteiger partial charge in [-0.2, -0.15) is 0 Å². The van der Waals surface area contributed by atoms with Crippen LogP contribution in [0.1, 0.15) is 36.2 Å². The van der Waals surface area contributed by atoms with Crippen molar-refractivity contribution in [2.75, 3.05) is 37.7 Å². The molecule has 0 bridgehead atoms. The molecule has 0 aromatic carbocycles. The standard InChI is InChI=1S/C16H22F2N4O2/c17-16(18)3-1-12(10-16)2-4-19-15(23)13-9-14(21-11-20-13)22-5-7-24-8-6-22/h9,11-12H,1-8,10H2,(H,19,23). The van der Waals surface area contributed by atoms with Crippen LogP contribution >= 0.6 is 0 Å². The number of amides is 1. The molecule has 0 radical (unpaired) electrons. The Labute approximate surface area is 139 Å². The number of halogens is 2. The Morgan fingerprint density at radius 3 is 2.88 bits per heavy atom. The smallest absolute Gasteiger partial charge is 0.270 e. The summed E-state index contributed by atoms with van der Waals surface area (Å²) in [5.41, 5.74) is 0.295. The van der Waals surface area contributed by atoms with E-state index in [1.165, 1.54) is 6.33 Å². The van der Waals surface area contributed by atoms with E-state index in [1.807, 2.05) is 4.90 Å². The lowest BCUT2D eigenvalue weighted by Crippen LogP contribution is -2.37. The van der Waals surface area contributed by atoms with Crippen molar-refractivity contribution < 1.29 is 18.3 Å². The van der Waals surface area contributed by atoms with Crippen molar-refractivity contribution in [3.8, 4) is 0 Å². The first-order chi connectivity index (χ1) is 11.5. The lowest BCUT2D eigenvalue weighted by atomic mass is 10.0. The Balaban J connectivity index is 1.50. The zero-order valence-electron chi connectivity index (χ0n) is 13.5. The van der Waals surface area contributed by atoms with Gasteiger partial charge in [0.25, 0.3) is 5.91 Å². The minimum atomic E-state index is -2.53. The van der Waals surface area contributed by atoms with Crippen LogP contribution in [0, 0.1) is 5.92 Å². The lowest BCUT2D eigenvalue weighted by Gasteiger charge is -2.27. The third-order valence-corrected chi connectivity index (χ3v) is 4.56. The van der Waals surface area contributed by atoms with Crippen molar-refractivity contribution in [1.82, 2.24) is 15.3 Å². The molecule has 1 aromatic heterocycles. The van der Waals surface area contributed by atoms with Gasteiger partial charge in [-0.25, -0.2) is 18.7 Å². The van der Waals surface area contributed by atoms with Crippen LogP contribution in [-0.2, 0) is 4.74 Å². The number of ether oxygens (including phenoxy) is 1. The summed E-state index contributed by atoms with van der Waals surface area (Å²) in [5, 5.41) is 2.77. The van der Waals surface area contributed by atoms with E-state index in [2.05, 4.69) is 15.3 Å². The number of aromatic nitrogens is 2. The van der Waals surface area contributed by atoms with E-state index in [0.29, 0.717) is 44.1 Å². The molecule has 2 aliphatic rings. The van der Waals surface area contributed by atoms with Crippen LogP contribution in [0.15, 0.2) is 12.4 Å². The average molecular weight is 340 g/mol. The number of carbonyl (C=O) groups is 1.